The second kappa shape index (κ2) is 12.1. The molecule has 0 radical (unpaired) electrons. The van der Waals surface area contributed by atoms with Crippen LogP contribution in [0.25, 0.3) is 0 Å². The molecule has 0 unspecified atom stereocenters. The summed E-state index contributed by atoms with van der Waals surface area (Å²) in [4.78, 5) is 25.0. The average Bonchev–Trinajstić information content (AvgIpc) is 3.70. The summed E-state index contributed by atoms with van der Waals surface area (Å²) < 4.78 is 5.44. The number of carbonyl (C=O) groups is 1. The number of nitrogens with zero attached hydrogens (tertiary/aromatic N) is 3. The van der Waals surface area contributed by atoms with Gasteiger partial charge in [0, 0.05) is 16.9 Å². The predicted octanol–water partition coefficient (Wildman–Crippen LogP) is 7.41. The van der Waals surface area contributed by atoms with Gasteiger partial charge in [0.05, 0.1) is 19.2 Å². The van der Waals surface area contributed by atoms with E-state index in [4.69, 9.17) is 9.57 Å². The van der Waals surface area contributed by atoms with Crippen molar-refractivity contribution in [2.45, 2.75) is 24.4 Å². The lowest BCUT2D eigenvalue weighted by atomic mass is 9.90. The van der Waals surface area contributed by atoms with E-state index in [-0.39, 0.29) is 18.1 Å². The predicted molar refractivity (Wildman–Crippen MR) is 173 cm³/mol. The Kier molecular flexibility index (Phi) is 7.55. The zero-order valence-electron chi connectivity index (χ0n) is 24.4. The largest absolute Gasteiger partial charge is 0.468 e. The number of hydrogen-bond donors (Lipinski definition) is 0. The standard InChI is InChI=1S/C38H33N3O3/c1-43-38(42)32-33(27-17-7-2-8-18-27)39-44-36(32)37-40(30-23-13-5-14-24-30)34(28-19-9-3-10-20-28)35(29-21-11-4-12-22-29)41(37)31-25-15-6-16-26-31/h2-26,32,34-37H,1H3/t32-,34+,35+,36-/m0/s1. The molecule has 0 N–H and O–H groups in total. The Morgan fingerprint density at radius 3 is 1.45 bits per heavy atom. The summed E-state index contributed by atoms with van der Waals surface area (Å²) in [5.41, 5.74) is 5.76. The minimum Gasteiger partial charge on any atom is -0.468 e. The van der Waals surface area contributed by atoms with Crippen LogP contribution < -0.4 is 9.80 Å². The second-order valence-electron chi connectivity index (χ2n) is 11.0. The van der Waals surface area contributed by atoms with E-state index in [1.54, 1.807) is 0 Å². The minimum absolute atomic E-state index is 0.131. The summed E-state index contributed by atoms with van der Waals surface area (Å²) in [7, 11) is 1.43. The van der Waals surface area contributed by atoms with E-state index in [2.05, 4.69) is 112 Å². The molecule has 2 aliphatic heterocycles. The Morgan fingerprint density at radius 2 is 1.02 bits per heavy atom. The van der Waals surface area contributed by atoms with Crippen LogP contribution in [0.5, 0.6) is 0 Å². The highest BCUT2D eigenvalue weighted by Gasteiger charge is 2.57. The Balaban J connectivity index is 1.48. The zero-order valence-corrected chi connectivity index (χ0v) is 24.4. The van der Waals surface area contributed by atoms with E-state index in [1.807, 2.05) is 54.6 Å². The molecule has 4 atom stereocenters. The van der Waals surface area contributed by atoms with Gasteiger partial charge in [-0.2, -0.15) is 0 Å². The summed E-state index contributed by atoms with van der Waals surface area (Å²) in [6.45, 7) is 0. The maximum absolute atomic E-state index is 13.7. The lowest BCUT2D eigenvalue weighted by molar-refractivity contribution is -0.146. The van der Waals surface area contributed by atoms with E-state index in [1.165, 1.54) is 7.11 Å². The molecule has 2 aliphatic rings. The van der Waals surface area contributed by atoms with Crippen LogP contribution in [0.15, 0.2) is 157 Å². The van der Waals surface area contributed by atoms with Crippen molar-refractivity contribution in [1.82, 2.24) is 0 Å². The number of carbonyl (C=O) groups excluding carboxylic acids is 1. The van der Waals surface area contributed by atoms with E-state index >= 15 is 0 Å². The number of benzene rings is 5. The third-order valence-electron chi connectivity index (χ3n) is 8.57. The van der Waals surface area contributed by atoms with Crippen LogP contribution in [-0.2, 0) is 14.4 Å². The molecule has 218 valence electrons. The number of anilines is 2. The van der Waals surface area contributed by atoms with Crippen LogP contribution in [0, 0.1) is 5.92 Å². The summed E-state index contributed by atoms with van der Waals surface area (Å²) in [5, 5.41) is 4.60. The van der Waals surface area contributed by atoms with E-state index in [9.17, 15) is 4.79 Å². The fourth-order valence-electron chi connectivity index (χ4n) is 6.73. The molecule has 7 rings (SSSR count). The summed E-state index contributed by atoms with van der Waals surface area (Å²) in [6, 6.07) is 51.4. The molecule has 1 saturated heterocycles. The molecule has 6 nitrogen and oxygen atoms in total. The Bertz CT molecular complexity index is 1630. The van der Waals surface area contributed by atoms with Crippen LogP contribution in [0.2, 0.25) is 0 Å². The molecule has 0 aromatic heterocycles. The van der Waals surface area contributed by atoms with Crippen LogP contribution in [-0.4, -0.2) is 31.1 Å². The lowest BCUT2D eigenvalue weighted by Crippen LogP contribution is -2.53. The molecular weight excluding hydrogens is 546 g/mol. The number of esters is 1. The van der Waals surface area contributed by atoms with E-state index in [0.29, 0.717) is 5.71 Å². The normalized spacial score (nSPS) is 21.5. The maximum atomic E-state index is 13.7. The van der Waals surface area contributed by atoms with Gasteiger partial charge in [0.2, 0.25) is 0 Å². The third-order valence-corrected chi connectivity index (χ3v) is 8.57. The number of oxime groups is 1. The molecule has 5 aromatic carbocycles. The van der Waals surface area contributed by atoms with E-state index in [0.717, 1.165) is 28.1 Å². The molecule has 44 heavy (non-hydrogen) atoms. The Labute approximate surface area is 257 Å². The number of methoxy groups -OCH3 is 1. The molecule has 5 aromatic rings. The highest BCUT2D eigenvalue weighted by molar-refractivity contribution is 6.13. The average molecular weight is 580 g/mol. The monoisotopic (exact) mass is 579 g/mol. The van der Waals surface area contributed by atoms with Crippen molar-refractivity contribution in [3.8, 4) is 0 Å². The van der Waals surface area contributed by atoms with Crippen molar-refractivity contribution in [3.05, 3.63) is 168 Å². The number of hydrogen-bond acceptors (Lipinski definition) is 6. The fraction of sp³-hybridized carbons (Fsp3) is 0.158. The highest BCUT2D eigenvalue weighted by atomic mass is 16.6. The topological polar surface area (TPSA) is 54.4 Å². The molecular formula is C38H33N3O3. The fourth-order valence-corrected chi connectivity index (χ4v) is 6.73. The van der Waals surface area contributed by atoms with Gasteiger partial charge in [0.25, 0.3) is 0 Å². The van der Waals surface area contributed by atoms with Gasteiger partial charge in [-0.3, -0.25) is 4.79 Å². The third kappa shape index (κ3) is 4.88. The van der Waals surface area contributed by atoms with Crippen molar-refractivity contribution >= 4 is 23.1 Å². The molecule has 6 heteroatoms. The van der Waals surface area contributed by atoms with Gasteiger partial charge in [-0.1, -0.05) is 133 Å². The first-order valence-electron chi connectivity index (χ1n) is 14.9. The second-order valence-corrected chi connectivity index (χ2v) is 11.0. The zero-order chi connectivity index (χ0) is 29.9. The first-order chi connectivity index (χ1) is 21.8. The molecule has 2 heterocycles. The maximum Gasteiger partial charge on any atom is 0.319 e. The minimum atomic E-state index is -0.754. The van der Waals surface area contributed by atoms with Crippen molar-refractivity contribution in [3.63, 3.8) is 0 Å². The van der Waals surface area contributed by atoms with Crippen LogP contribution in [0.1, 0.15) is 28.8 Å². The smallest absolute Gasteiger partial charge is 0.319 e. The molecule has 0 aliphatic carbocycles. The molecule has 0 bridgehead atoms. The van der Waals surface area contributed by atoms with Crippen molar-refractivity contribution in [2.75, 3.05) is 16.9 Å². The van der Waals surface area contributed by atoms with Gasteiger partial charge in [-0.05, 0) is 35.4 Å². The first kappa shape index (κ1) is 27.5. The quantitative estimate of drug-likeness (QED) is 0.188. The highest BCUT2D eigenvalue weighted by Crippen LogP contribution is 2.53. The number of para-hydroxylation sites is 2. The number of ether oxygens (including phenoxy) is 1. The summed E-state index contributed by atoms with van der Waals surface area (Å²) >= 11 is 0. The van der Waals surface area contributed by atoms with Gasteiger partial charge in [-0.25, -0.2) is 0 Å². The van der Waals surface area contributed by atoms with Gasteiger partial charge >= 0.3 is 5.97 Å². The van der Waals surface area contributed by atoms with Crippen LogP contribution >= 0.6 is 0 Å². The van der Waals surface area contributed by atoms with Gasteiger partial charge < -0.3 is 19.4 Å². The van der Waals surface area contributed by atoms with Gasteiger partial charge in [0.1, 0.15) is 17.8 Å². The Hall–Kier alpha value is -5.36. The first-order valence-corrected chi connectivity index (χ1v) is 14.9. The van der Waals surface area contributed by atoms with Gasteiger partial charge in [-0.15, -0.1) is 0 Å². The van der Waals surface area contributed by atoms with Crippen molar-refractivity contribution < 1.29 is 14.4 Å². The van der Waals surface area contributed by atoms with E-state index < -0.39 is 18.2 Å². The lowest BCUT2D eigenvalue weighted by Gasteiger charge is -2.38. The molecule has 0 saturated carbocycles. The Morgan fingerprint density at radius 1 is 0.614 bits per heavy atom. The summed E-state index contributed by atoms with van der Waals surface area (Å²) in [6.07, 6.45) is -1.12. The van der Waals surface area contributed by atoms with Crippen molar-refractivity contribution in [2.24, 2.45) is 11.1 Å². The van der Waals surface area contributed by atoms with Crippen molar-refractivity contribution in [1.29, 1.82) is 0 Å². The number of rotatable bonds is 7. The molecule has 1 fully saturated rings. The van der Waals surface area contributed by atoms with Crippen LogP contribution in [0.3, 0.4) is 0 Å². The summed E-state index contributed by atoms with van der Waals surface area (Å²) in [5.74, 6) is -1.13. The van der Waals surface area contributed by atoms with Crippen LogP contribution in [0.4, 0.5) is 11.4 Å². The molecule has 0 spiro atoms. The van der Waals surface area contributed by atoms with Gasteiger partial charge in [0.15, 0.2) is 6.10 Å². The SMILES string of the molecule is COC(=O)[C@H]1C(c2ccccc2)=NO[C@@H]1C1N(c2ccccc2)[C@H](c2ccccc2)[C@@H](c2ccccc2)N1c1ccccc1. The molecule has 0 amide bonds.